The van der Waals surface area contributed by atoms with Gasteiger partial charge in [0.15, 0.2) is 5.96 Å². The van der Waals surface area contributed by atoms with E-state index in [1.165, 1.54) is 12.8 Å². The van der Waals surface area contributed by atoms with Crippen LogP contribution in [-0.4, -0.2) is 37.5 Å². The summed E-state index contributed by atoms with van der Waals surface area (Å²) in [5.41, 5.74) is 0. The van der Waals surface area contributed by atoms with E-state index < -0.39 is 0 Å². The zero-order valence-electron chi connectivity index (χ0n) is 11.0. The zero-order valence-corrected chi connectivity index (χ0v) is 11.0. The second kappa shape index (κ2) is 8.57. The van der Waals surface area contributed by atoms with Crippen LogP contribution in [0.3, 0.4) is 0 Å². The largest absolute Gasteiger partial charge is 0.357 e. The van der Waals surface area contributed by atoms with Crippen LogP contribution in [-0.2, 0) is 0 Å². The predicted octanol–water partition coefficient (Wildman–Crippen LogP) is 2.34. The Kier molecular flexibility index (Phi) is 8.15. The summed E-state index contributed by atoms with van der Waals surface area (Å²) in [5, 5.41) is 3.32. The molecule has 0 spiro atoms. The van der Waals surface area contributed by atoms with Gasteiger partial charge in [-0.25, -0.2) is 0 Å². The molecule has 0 aromatic heterocycles. The zero-order chi connectivity index (χ0) is 11.7. The maximum atomic E-state index is 4.60. The number of nitrogens with one attached hydrogen (secondary N) is 1. The third-order valence-electron chi connectivity index (χ3n) is 2.15. The lowest BCUT2D eigenvalue weighted by atomic mass is 10.2. The molecule has 0 aromatic carbocycles. The number of hydrogen-bond acceptors (Lipinski definition) is 1. The van der Waals surface area contributed by atoms with Crippen molar-refractivity contribution in [3.05, 3.63) is 0 Å². The number of guanidine groups is 1. The molecule has 1 N–H and O–H groups in total. The van der Waals surface area contributed by atoms with Crippen molar-refractivity contribution >= 4 is 5.96 Å². The van der Waals surface area contributed by atoms with Crippen LogP contribution in [0.25, 0.3) is 0 Å². The summed E-state index contributed by atoms with van der Waals surface area (Å²) in [6.45, 7) is 11.6. The first kappa shape index (κ1) is 14.3. The minimum atomic E-state index is 0.623. The Morgan fingerprint density at radius 2 is 2.00 bits per heavy atom. The molecule has 0 unspecified atom stereocenters. The average Bonchev–Trinajstić information content (AvgIpc) is 2.20. The highest BCUT2D eigenvalue weighted by atomic mass is 15.3. The normalized spacial score (nSPS) is 12.0. The number of rotatable bonds is 6. The molecule has 0 aromatic rings. The summed E-state index contributed by atoms with van der Waals surface area (Å²) in [5.74, 6) is 1.66. The number of nitrogens with zero attached hydrogens (tertiary/aromatic N) is 2. The van der Waals surface area contributed by atoms with Crippen molar-refractivity contribution in [1.29, 1.82) is 0 Å². The van der Waals surface area contributed by atoms with Crippen LogP contribution < -0.4 is 5.32 Å². The Balaban J connectivity index is 4.16. The van der Waals surface area contributed by atoms with E-state index >= 15 is 0 Å². The van der Waals surface area contributed by atoms with Crippen molar-refractivity contribution in [3.8, 4) is 0 Å². The Labute approximate surface area is 95.0 Å². The minimum Gasteiger partial charge on any atom is -0.357 e. The van der Waals surface area contributed by atoms with E-state index in [4.69, 9.17) is 0 Å². The van der Waals surface area contributed by atoms with Gasteiger partial charge in [-0.05, 0) is 19.3 Å². The SMILES string of the molecule is CCCCN(C)C(=NCC(C)C)NCC. The monoisotopic (exact) mass is 213 g/mol. The molecule has 0 aliphatic heterocycles. The van der Waals surface area contributed by atoms with E-state index in [0.717, 1.165) is 25.6 Å². The highest BCUT2D eigenvalue weighted by Crippen LogP contribution is 1.96. The number of aliphatic imine (C=N–C) groups is 1. The number of hydrogen-bond donors (Lipinski definition) is 1. The van der Waals surface area contributed by atoms with Gasteiger partial charge in [-0.15, -0.1) is 0 Å². The van der Waals surface area contributed by atoms with Crippen LogP contribution in [0.1, 0.15) is 40.5 Å². The van der Waals surface area contributed by atoms with Gasteiger partial charge < -0.3 is 10.2 Å². The first-order valence-electron chi connectivity index (χ1n) is 6.11. The molecule has 3 nitrogen and oxygen atoms in total. The molecular formula is C12H27N3. The smallest absolute Gasteiger partial charge is 0.193 e. The van der Waals surface area contributed by atoms with Crippen molar-refractivity contribution < 1.29 is 0 Å². The fourth-order valence-corrected chi connectivity index (χ4v) is 1.24. The van der Waals surface area contributed by atoms with Crippen LogP contribution in [0.15, 0.2) is 4.99 Å². The molecule has 0 radical (unpaired) electrons. The summed E-state index contributed by atoms with van der Waals surface area (Å²) < 4.78 is 0. The van der Waals surface area contributed by atoms with Crippen LogP contribution in [0.2, 0.25) is 0 Å². The topological polar surface area (TPSA) is 27.6 Å². The Morgan fingerprint density at radius 1 is 1.33 bits per heavy atom. The van der Waals surface area contributed by atoms with Gasteiger partial charge in [0, 0.05) is 26.7 Å². The van der Waals surface area contributed by atoms with Crippen LogP contribution in [0, 0.1) is 5.92 Å². The molecule has 0 bridgehead atoms. The van der Waals surface area contributed by atoms with Gasteiger partial charge in [0.05, 0.1) is 0 Å². The molecule has 0 aliphatic carbocycles. The highest BCUT2D eigenvalue weighted by molar-refractivity contribution is 5.79. The Morgan fingerprint density at radius 3 is 2.47 bits per heavy atom. The van der Waals surface area contributed by atoms with Crippen molar-refractivity contribution in [2.75, 3.05) is 26.7 Å². The Hall–Kier alpha value is -0.730. The third-order valence-corrected chi connectivity index (χ3v) is 2.15. The summed E-state index contributed by atoms with van der Waals surface area (Å²) in [7, 11) is 2.11. The number of unbranched alkanes of at least 4 members (excludes halogenated alkanes) is 1. The van der Waals surface area contributed by atoms with E-state index in [9.17, 15) is 0 Å². The molecular weight excluding hydrogens is 186 g/mol. The first-order valence-corrected chi connectivity index (χ1v) is 6.11. The van der Waals surface area contributed by atoms with Gasteiger partial charge >= 0.3 is 0 Å². The molecule has 0 rings (SSSR count). The van der Waals surface area contributed by atoms with Crippen molar-refractivity contribution in [3.63, 3.8) is 0 Å². The molecule has 0 heterocycles. The molecule has 0 fully saturated rings. The van der Waals surface area contributed by atoms with Crippen molar-refractivity contribution in [2.45, 2.75) is 40.5 Å². The molecule has 0 saturated carbocycles. The maximum Gasteiger partial charge on any atom is 0.193 e. The maximum absolute atomic E-state index is 4.60. The van der Waals surface area contributed by atoms with Crippen LogP contribution in [0.4, 0.5) is 0 Å². The van der Waals surface area contributed by atoms with E-state index in [2.05, 4.69) is 50.0 Å². The van der Waals surface area contributed by atoms with Gasteiger partial charge in [-0.1, -0.05) is 27.2 Å². The summed E-state index contributed by atoms with van der Waals surface area (Å²) in [6.07, 6.45) is 2.45. The van der Waals surface area contributed by atoms with E-state index in [1.54, 1.807) is 0 Å². The standard InChI is InChI=1S/C12H27N3/c1-6-8-9-15(5)12(13-7-2)14-10-11(3)4/h11H,6-10H2,1-5H3,(H,13,14). The molecule has 15 heavy (non-hydrogen) atoms. The fraction of sp³-hybridized carbons (Fsp3) is 0.917. The molecule has 0 saturated heterocycles. The molecule has 0 amide bonds. The molecule has 0 aliphatic rings. The first-order chi connectivity index (χ1) is 7.11. The van der Waals surface area contributed by atoms with E-state index in [-0.39, 0.29) is 0 Å². The summed E-state index contributed by atoms with van der Waals surface area (Å²) >= 11 is 0. The lowest BCUT2D eigenvalue weighted by molar-refractivity contribution is 0.462. The van der Waals surface area contributed by atoms with Crippen LogP contribution >= 0.6 is 0 Å². The van der Waals surface area contributed by atoms with Gasteiger partial charge in [0.2, 0.25) is 0 Å². The lowest BCUT2D eigenvalue weighted by Crippen LogP contribution is -2.39. The van der Waals surface area contributed by atoms with Crippen molar-refractivity contribution in [2.24, 2.45) is 10.9 Å². The van der Waals surface area contributed by atoms with Gasteiger partial charge in [0.1, 0.15) is 0 Å². The van der Waals surface area contributed by atoms with E-state index in [0.29, 0.717) is 5.92 Å². The highest BCUT2D eigenvalue weighted by Gasteiger charge is 2.04. The average molecular weight is 213 g/mol. The van der Waals surface area contributed by atoms with Gasteiger partial charge in [-0.3, -0.25) is 4.99 Å². The molecule has 90 valence electrons. The third kappa shape index (κ3) is 7.23. The van der Waals surface area contributed by atoms with Gasteiger partial charge in [0.25, 0.3) is 0 Å². The summed E-state index contributed by atoms with van der Waals surface area (Å²) in [4.78, 5) is 6.81. The summed E-state index contributed by atoms with van der Waals surface area (Å²) in [6, 6.07) is 0. The Bertz CT molecular complexity index is 176. The van der Waals surface area contributed by atoms with Gasteiger partial charge in [-0.2, -0.15) is 0 Å². The van der Waals surface area contributed by atoms with Crippen LogP contribution in [0.5, 0.6) is 0 Å². The van der Waals surface area contributed by atoms with Crippen molar-refractivity contribution in [1.82, 2.24) is 10.2 Å². The fourth-order valence-electron chi connectivity index (χ4n) is 1.24. The predicted molar refractivity (Wildman–Crippen MR) is 68.4 cm³/mol. The second-order valence-corrected chi connectivity index (χ2v) is 4.36. The molecule has 3 heteroatoms. The lowest BCUT2D eigenvalue weighted by Gasteiger charge is -2.22. The second-order valence-electron chi connectivity index (χ2n) is 4.36. The quantitative estimate of drug-likeness (QED) is 0.542. The minimum absolute atomic E-state index is 0.623. The van der Waals surface area contributed by atoms with E-state index in [1.807, 2.05) is 0 Å². The molecule has 0 atom stereocenters.